The Morgan fingerprint density at radius 1 is 1.00 bits per heavy atom. The molecule has 2 aromatic carbocycles. The Hall–Kier alpha value is -2.45. The first-order valence-corrected chi connectivity index (χ1v) is 12.0. The SMILES string of the molecule is CS(=O)(=O)N1CCc2cc(C(=O)N3CCCN(Cc4ccc(F)cc4)CC3)ccc21. The molecule has 0 atom stereocenters. The topological polar surface area (TPSA) is 60.9 Å². The van der Waals surface area contributed by atoms with Gasteiger partial charge in [0, 0.05) is 44.8 Å². The highest BCUT2D eigenvalue weighted by molar-refractivity contribution is 7.92. The molecule has 6 nitrogen and oxygen atoms in total. The van der Waals surface area contributed by atoms with Gasteiger partial charge in [0.1, 0.15) is 5.82 Å². The Kier molecular flexibility index (Phi) is 5.79. The summed E-state index contributed by atoms with van der Waals surface area (Å²) in [5, 5.41) is 0. The largest absolute Gasteiger partial charge is 0.337 e. The number of carbonyl (C=O) groups excluding carboxylic acids is 1. The zero-order chi connectivity index (χ0) is 21.3. The lowest BCUT2D eigenvalue weighted by Gasteiger charge is -2.22. The van der Waals surface area contributed by atoms with Crippen molar-refractivity contribution in [3.05, 3.63) is 65.0 Å². The van der Waals surface area contributed by atoms with E-state index in [4.69, 9.17) is 0 Å². The molecule has 4 rings (SSSR count). The van der Waals surface area contributed by atoms with Crippen molar-refractivity contribution in [1.29, 1.82) is 0 Å². The summed E-state index contributed by atoms with van der Waals surface area (Å²) in [6.45, 7) is 4.12. The summed E-state index contributed by atoms with van der Waals surface area (Å²) in [5.74, 6) is -0.250. The smallest absolute Gasteiger partial charge is 0.253 e. The van der Waals surface area contributed by atoms with E-state index < -0.39 is 10.0 Å². The number of hydrogen-bond acceptors (Lipinski definition) is 4. The summed E-state index contributed by atoms with van der Waals surface area (Å²) in [6, 6.07) is 11.9. The minimum atomic E-state index is -3.30. The molecule has 160 valence electrons. The Balaban J connectivity index is 1.41. The van der Waals surface area contributed by atoms with Gasteiger partial charge in [-0.05, 0) is 54.3 Å². The van der Waals surface area contributed by atoms with E-state index in [0.29, 0.717) is 37.3 Å². The lowest BCUT2D eigenvalue weighted by atomic mass is 10.1. The highest BCUT2D eigenvalue weighted by atomic mass is 32.2. The van der Waals surface area contributed by atoms with Gasteiger partial charge in [-0.1, -0.05) is 12.1 Å². The molecule has 0 aliphatic carbocycles. The van der Waals surface area contributed by atoms with Crippen LogP contribution in [0.25, 0.3) is 0 Å². The molecule has 2 aromatic rings. The second kappa shape index (κ2) is 8.35. The van der Waals surface area contributed by atoms with Crippen molar-refractivity contribution in [1.82, 2.24) is 9.80 Å². The van der Waals surface area contributed by atoms with Gasteiger partial charge in [0.15, 0.2) is 0 Å². The molecule has 2 heterocycles. The Morgan fingerprint density at radius 2 is 1.77 bits per heavy atom. The number of amides is 1. The average Bonchev–Trinajstić information content (AvgIpc) is 3.01. The molecular weight excluding hydrogens is 405 g/mol. The van der Waals surface area contributed by atoms with Gasteiger partial charge in [-0.25, -0.2) is 12.8 Å². The van der Waals surface area contributed by atoms with Gasteiger partial charge in [-0.2, -0.15) is 0 Å². The number of rotatable bonds is 4. The number of sulfonamides is 1. The molecule has 0 aromatic heterocycles. The highest BCUT2D eigenvalue weighted by Crippen LogP contribution is 2.31. The van der Waals surface area contributed by atoms with E-state index in [0.717, 1.165) is 37.2 Å². The van der Waals surface area contributed by atoms with Crippen LogP contribution in [0.3, 0.4) is 0 Å². The van der Waals surface area contributed by atoms with Crippen molar-refractivity contribution in [3.8, 4) is 0 Å². The summed E-state index contributed by atoms with van der Waals surface area (Å²) >= 11 is 0. The van der Waals surface area contributed by atoms with Crippen LogP contribution in [-0.4, -0.2) is 63.1 Å². The fourth-order valence-corrected chi connectivity index (χ4v) is 5.17. The van der Waals surface area contributed by atoms with Crippen molar-refractivity contribution in [2.75, 3.05) is 43.3 Å². The molecule has 2 aliphatic heterocycles. The number of anilines is 1. The molecule has 0 saturated carbocycles. The third-order valence-corrected chi connectivity index (χ3v) is 6.95. The average molecular weight is 432 g/mol. The molecular formula is C22H26FN3O3S. The Bertz CT molecular complexity index is 1040. The van der Waals surface area contributed by atoms with Gasteiger partial charge >= 0.3 is 0 Å². The van der Waals surface area contributed by atoms with Gasteiger partial charge < -0.3 is 4.90 Å². The fourth-order valence-electron chi connectivity index (χ4n) is 4.21. The van der Waals surface area contributed by atoms with Crippen molar-refractivity contribution in [2.24, 2.45) is 0 Å². The van der Waals surface area contributed by atoms with Crippen LogP contribution in [-0.2, 0) is 23.0 Å². The summed E-state index contributed by atoms with van der Waals surface area (Å²) in [5.41, 5.74) is 3.25. The summed E-state index contributed by atoms with van der Waals surface area (Å²) in [7, 11) is -3.30. The molecule has 0 bridgehead atoms. The fraction of sp³-hybridized carbons (Fsp3) is 0.409. The minimum Gasteiger partial charge on any atom is -0.337 e. The van der Waals surface area contributed by atoms with Gasteiger partial charge in [0.05, 0.1) is 11.9 Å². The maximum absolute atomic E-state index is 13.1. The van der Waals surface area contributed by atoms with Gasteiger partial charge in [-0.15, -0.1) is 0 Å². The first kappa shape index (κ1) is 20.8. The molecule has 0 unspecified atom stereocenters. The number of halogens is 1. The number of benzene rings is 2. The van der Waals surface area contributed by atoms with Crippen molar-refractivity contribution >= 4 is 21.6 Å². The molecule has 30 heavy (non-hydrogen) atoms. The first-order chi connectivity index (χ1) is 14.3. The van der Waals surface area contributed by atoms with Gasteiger partial charge in [0.25, 0.3) is 5.91 Å². The van der Waals surface area contributed by atoms with Gasteiger partial charge in [-0.3, -0.25) is 14.0 Å². The maximum Gasteiger partial charge on any atom is 0.253 e. The molecule has 0 spiro atoms. The molecule has 2 aliphatic rings. The van der Waals surface area contributed by atoms with E-state index in [1.807, 2.05) is 11.0 Å². The lowest BCUT2D eigenvalue weighted by molar-refractivity contribution is 0.0761. The molecule has 1 fully saturated rings. The molecule has 1 saturated heterocycles. The van der Waals surface area contributed by atoms with Crippen LogP contribution < -0.4 is 4.31 Å². The molecule has 8 heteroatoms. The molecule has 0 radical (unpaired) electrons. The predicted molar refractivity (Wildman–Crippen MR) is 115 cm³/mol. The van der Waals surface area contributed by atoms with Crippen LogP contribution >= 0.6 is 0 Å². The Labute approximate surface area is 176 Å². The third-order valence-electron chi connectivity index (χ3n) is 5.77. The van der Waals surface area contributed by atoms with E-state index in [-0.39, 0.29) is 11.7 Å². The molecule has 0 N–H and O–H groups in total. The quantitative estimate of drug-likeness (QED) is 0.746. The minimum absolute atomic E-state index is 0.0146. The maximum atomic E-state index is 13.1. The van der Waals surface area contributed by atoms with Gasteiger partial charge in [0.2, 0.25) is 10.0 Å². The van der Waals surface area contributed by atoms with Crippen LogP contribution in [0.2, 0.25) is 0 Å². The monoisotopic (exact) mass is 431 g/mol. The van der Waals surface area contributed by atoms with Crippen LogP contribution in [0.5, 0.6) is 0 Å². The van der Waals surface area contributed by atoms with Crippen LogP contribution in [0.4, 0.5) is 10.1 Å². The number of fused-ring (bicyclic) bond motifs is 1. The first-order valence-electron chi connectivity index (χ1n) is 10.2. The zero-order valence-electron chi connectivity index (χ0n) is 17.1. The van der Waals surface area contributed by atoms with E-state index in [2.05, 4.69) is 4.90 Å². The number of carbonyl (C=O) groups is 1. The van der Waals surface area contributed by atoms with Crippen LogP contribution in [0, 0.1) is 5.82 Å². The third kappa shape index (κ3) is 4.49. The summed E-state index contributed by atoms with van der Waals surface area (Å²) < 4.78 is 38.3. The zero-order valence-corrected chi connectivity index (χ0v) is 17.9. The molecule has 1 amide bonds. The predicted octanol–water partition coefficient (Wildman–Crippen LogP) is 2.50. The summed E-state index contributed by atoms with van der Waals surface area (Å²) in [6.07, 6.45) is 2.70. The van der Waals surface area contributed by atoms with Crippen LogP contribution in [0.1, 0.15) is 27.9 Å². The highest BCUT2D eigenvalue weighted by Gasteiger charge is 2.28. The van der Waals surface area contributed by atoms with E-state index in [9.17, 15) is 17.6 Å². The summed E-state index contributed by atoms with van der Waals surface area (Å²) in [4.78, 5) is 17.2. The van der Waals surface area contributed by atoms with E-state index >= 15 is 0 Å². The van der Waals surface area contributed by atoms with Crippen LogP contribution in [0.15, 0.2) is 42.5 Å². The normalized spacial score (nSPS) is 17.7. The van der Waals surface area contributed by atoms with Crippen molar-refractivity contribution in [2.45, 2.75) is 19.4 Å². The second-order valence-corrected chi connectivity index (χ2v) is 9.88. The van der Waals surface area contributed by atoms with E-state index in [1.54, 1.807) is 24.3 Å². The lowest BCUT2D eigenvalue weighted by Crippen LogP contribution is -2.35. The van der Waals surface area contributed by atoms with E-state index in [1.165, 1.54) is 22.7 Å². The standard InChI is InChI=1S/C22H26FN3O3S/c1-30(28,29)26-12-9-18-15-19(5-8-21(18)26)22(27)25-11-2-10-24(13-14-25)16-17-3-6-20(23)7-4-17/h3-8,15H,2,9-14,16H2,1H3. The van der Waals surface area contributed by atoms with Crippen molar-refractivity contribution in [3.63, 3.8) is 0 Å². The Morgan fingerprint density at radius 3 is 2.50 bits per heavy atom. The second-order valence-electron chi connectivity index (χ2n) is 7.98. The van der Waals surface area contributed by atoms with Crippen molar-refractivity contribution < 1.29 is 17.6 Å². The number of nitrogens with zero attached hydrogens (tertiary/aromatic N) is 3. The number of hydrogen-bond donors (Lipinski definition) is 0.